The molecule has 0 saturated heterocycles. The molecule has 10 nitrogen and oxygen atoms in total. The summed E-state index contributed by atoms with van der Waals surface area (Å²) in [6.45, 7) is 2.39. The molecule has 0 spiro atoms. The number of carbonyl (C=O) groups excluding carboxylic acids is 3. The van der Waals surface area contributed by atoms with E-state index in [0.29, 0.717) is 34.9 Å². The van der Waals surface area contributed by atoms with Gasteiger partial charge in [-0.25, -0.2) is 10.2 Å². The topological polar surface area (TPSA) is 125 Å². The van der Waals surface area contributed by atoms with Crippen LogP contribution in [0.15, 0.2) is 71.8 Å². The van der Waals surface area contributed by atoms with Crippen LogP contribution >= 0.6 is 0 Å². The number of hydrogen-bond acceptors (Lipinski definition) is 8. The van der Waals surface area contributed by atoms with E-state index in [2.05, 4.69) is 15.8 Å². The first-order chi connectivity index (χ1) is 17.4. The number of hydrogen-bond donors (Lipinski definition) is 2. The van der Waals surface area contributed by atoms with Gasteiger partial charge in [0.15, 0.2) is 11.5 Å². The highest BCUT2D eigenvalue weighted by Crippen LogP contribution is 2.28. The minimum absolute atomic E-state index is 0.203. The van der Waals surface area contributed by atoms with Gasteiger partial charge in [0.05, 0.1) is 32.6 Å². The minimum Gasteiger partial charge on any atom is -0.497 e. The van der Waals surface area contributed by atoms with Gasteiger partial charge in [0.2, 0.25) is 0 Å². The zero-order valence-electron chi connectivity index (χ0n) is 19.9. The van der Waals surface area contributed by atoms with Gasteiger partial charge in [-0.3, -0.25) is 9.59 Å². The molecule has 0 bridgehead atoms. The molecule has 2 N–H and O–H groups in total. The number of nitrogens with one attached hydrogen (secondary N) is 2. The lowest BCUT2D eigenvalue weighted by Crippen LogP contribution is -2.32. The van der Waals surface area contributed by atoms with Gasteiger partial charge in [-0.15, -0.1) is 0 Å². The molecule has 3 rings (SSSR count). The molecule has 0 aromatic heterocycles. The van der Waals surface area contributed by atoms with E-state index in [4.69, 9.17) is 18.9 Å². The van der Waals surface area contributed by atoms with Gasteiger partial charge >= 0.3 is 17.8 Å². The van der Waals surface area contributed by atoms with Crippen LogP contribution in [0.2, 0.25) is 0 Å². The molecule has 0 unspecified atom stereocenters. The molecule has 2 amide bonds. The van der Waals surface area contributed by atoms with Crippen molar-refractivity contribution in [1.29, 1.82) is 0 Å². The maximum absolute atomic E-state index is 12.4. The molecule has 0 radical (unpaired) electrons. The third-order valence-electron chi connectivity index (χ3n) is 4.73. The normalized spacial score (nSPS) is 10.4. The summed E-state index contributed by atoms with van der Waals surface area (Å²) in [5, 5.41) is 6.26. The first kappa shape index (κ1) is 25.8. The van der Waals surface area contributed by atoms with Crippen LogP contribution in [0, 0.1) is 0 Å². The number of ether oxygens (including phenoxy) is 4. The molecule has 0 saturated carbocycles. The van der Waals surface area contributed by atoms with Gasteiger partial charge < -0.3 is 24.3 Å². The Morgan fingerprint density at radius 2 is 1.53 bits per heavy atom. The summed E-state index contributed by atoms with van der Waals surface area (Å²) >= 11 is 0. The second-order valence-corrected chi connectivity index (χ2v) is 7.14. The number of esters is 1. The van der Waals surface area contributed by atoms with E-state index in [1.807, 2.05) is 6.92 Å². The van der Waals surface area contributed by atoms with Crippen LogP contribution in [-0.4, -0.2) is 44.8 Å². The summed E-state index contributed by atoms with van der Waals surface area (Å²) in [5.74, 6) is -0.639. The summed E-state index contributed by atoms with van der Waals surface area (Å²) in [5.41, 5.74) is 3.47. The van der Waals surface area contributed by atoms with Crippen LogP contribution in [0.25, 0.3) is 0 Å². The predicted octanol–water partition coefficient (Wildman–Crippen LogP) is 3.41. The summed E-state index contributed by atoms with van der Waals surface area (Å²) in [6, 6.07) is 17.8. The van der Waals surface area contributed by atoms with Gasteiger partial charge in [-0.2, -0.15) is 5.10 Å². The SMILES string of the molecule is CCOc1ccc(NC(=O)C(=O)N/N=C/c2ccc(OC(=O)c3ccc(OC)cc3)c(OC)c2)cc1. The molecule has 0 aliphatic heterocycles. The molecular formula is C26H25N3O7. The van der Waals surface area contributed by atoms with Crippen molar-refractivity contribution < 1.29 is 33.3 Å². The fourth-order valence-corrected chi connectivity index (χ4v) is 2.94. The molecule has 3 aromatic carbocycles. The van der Waals surface area contributed by atoms with E-state index in [9.17, 15) is 14.4 Å². The van der Waals surface area contributed by atoms with Crippen LogP contribution in [0.1, 0.15) is 22.8 Å². The van der Waals surface area contributed by atoms with Crippen molar-refractivity contribution in [3.63, 3.8) is 0 Å². The Balaban J connectivity index is 1.57. The highest BCUT2D eigenvalue weighted by Gasteiger charge is 2.14. The lowest BCUT2D eigenvalue weighted by molar-refractivity contribution is -0.136. The fourth-order valence-electron chi connectivity index (χ4n) is 2.94. The fraction of sp³-hybridized carbons (Fsp3) is 0.154. The molecule has 0 fully saturated rings. The molecule has 0 aliphatic carbocycles. The van der Waals surface area contributed by atoms with Gasteiger partial charge in [-0.05, 0) is 79.2 Å². The van der Waals surface area contributed by atoms with Crippen LogP contribution in [0.3, 0.4) is 0 Å². The summed E-state index contributed by atoms with van der Waals surface area (Å²) in [6.07, 6.45) is 1.32. The van der Waals surface area contributed by atoms with Crippen LogP contribution in [0.5, 0.6) is 23.0 Å². The summed E-state index contributed by atoms with van der Waals surface area (Å²) < 4.78 is 21.1. The maximum atomic E-state index is 12.4. The molecule has 0 heterocycles. The summed E-state index contributed by atoms with van der Waals surface area (Å²) in [7, 11) is 2.96. The third kappa shape index (κ3) is 7.07. The largest absolute Gasteiger partial charge is 0.497 e. The van der Waals surface area contributed by atoms with E-state index in [1.54, 1.807) is 60.7 Å². The first-order valence-corrected chi connectivity index (χ1v) is 10.8. The number of carbonyl (C=O) groups is 3. The standard InChI is InChI=1S/C26H25N3O7/c1-4-35-21-12-8-19(9-13-21)28-24(30)25(31)29-27-16-17-5-14-22(23(15-17)34-3)36-26(32)18-6-10-20(33-2)11-7-18/h5-16H,4H2,1-3H3,(H,28,30)(H,29,31)/b27-16+. The molecule has 0 aliphatic rings. The number of nitrogens with zero attached hydrogens (tertiary/aromatic N) is 1. The Kier molecular flexibility index (Phi) is 8.99. The Morgan fingerprint density at radius 3 is 2.17 bits per heavy atom. The smallest absolute Gasteiger partial charge is 0.343 e. The minimum atomic E-state index is -0.947. The van der Waals surface area contributed by atoms with Crippen LogP contribution in [0.4, 0.5) is 5.69 Å². The Labute approximate surface area is 207 Å². The van der Waals surface area contributed by atoms with Gasteiger partial charge in [-0.1, -0.05) is 0 Å². The van der Waals surface area contributed by atoms with Crippen molar-refractivity contribution in [2.45, 2.75) is 6.92 Å². The van der Waals surface area contributed by atoms with Crippen LogP contribution < -0.4 is 29.7 Å². The predicted molar refractivity (Wildman–Crippen MR) is 133 cm³/mol. The highest BCUT2D eigenvalue weighted by atomic mass is 16.6. The van der Waals surface area contributed by atoms with E-state index < -0.39 is 17.8 Å². The van der Waals surface area contributed by atoms with Crippen molar-refractivity contribution >= 4 is 29.7 Å². The molecule has 10 heteroatoms. The van der Waals surface area contributed by atoms with Gasteiger partial charge in [0.25, 0.3) is 0 Å². The number of rotatable bonds is 9. The average Bonchev–Trinajstić information content (AvgIpc) is 2.90. The number of hydrazone groups is 1. The molecule has 36 heavy (non-hydrogen) atoms. The van der Waals surface area contributed by atoms with E-state index in [1.165, 1.54) is 26.5 Å². The van der Waals surface area contributed by atoms with Crippen LogP contribution in [-0.2, 0) is 9.59 Å². The lowest BCUT2D eigenvalue weighted by atomic mass is 10.2. The number of anilines is 1. The van der Waals surface area contributed by atoms with Crippen molar-refractivity contribution in [1.82, 2.24) is 5.43 Å². The third-order valence-corrected chi connectivity index (χ3v) is 4.73. The highest BCUT2D eigenvalue weighted by molar-refractivity contribution is 6.39. The molecule has 3 aromatic rings. The second kappa shape index (κ2) is 12.6. The Morgan fingerprint density at radius 1 is 0.833 bits per heavy atom. The number of benzene rings is 3. The van der Waals surface area contributed by atoms with Crippen molar-refractivity contribution in [3.8, 4) is 23.0 Å². The van der Waals surface area contributed by atoms with E-state index >= 15 is 0 Å². The number of amides is 2. The maximum Gasteiger partial charge on any atom is 0.343 e. The van der Waals surface area contributed by atoms with Crippen molar-refractivity contribution in [3.05, 3.63) is 77.9 Å². The zero-order chi connectivity index (χ0) is 25.9. The van der Waals surface area contributed by atoms with Crippen molar-refractivity contribution in [2.24, 2.45) is 5.10 Å². The molecule has 0 atom stereocenters. The molecular weight excluding hydrogens is 466 g/mol. The quantitative estimate of drug-likeness (QED) is 0.155. The van der Waals surface area contributed by atoms with Crippen molar-refractivity contribution in [2.75, 3.05) is 26.1 Å². The summed E-state index contributed by atoms with van der Waals surface area (Å²) in [4.78, 5) is 36.5. The average molecular weight is 492 g/mol. The van der Waals surface area contributed by atoms with E-state index in [0.717, 1.165) is 0 Å². The molecule has 186 valence electrons. The lowest BCUT2D eigenvalue weighted by Gasteiger charge is -2.10. The first-order valence-electron chi connectivity index (χ1n) is 10.8. The van der Waals surface area contributed by atoms with E-state index in [-0.39, 0.29) is 11.5 Å². The van der Waals surface area contributed by atoms with Gasteiger partial charge in [0, 0.05) is 5.69 Å². The number of methoxy groups -OCH3 is 2. The second-order valence-electron chi connectivity index (χ2n) is 7.14. The Bertz CT molecular complexity index is 1240. The monoisotopic (exact) mass is 491 g/mol. The Hall–Kier alpha value is -4.86. The van der Waals surface area contributed by atoms with Gasteiger partial charge in [0.1, 0.15) is 11.5 Å². The zero-order valence-corrected chi connectivity index (χ0v) is 19.9.